The molecular weight excluding hydrogens is 400 g/mol. The third-order valence-corrected chi connectivity index (χ3v) is 8.81. The first-order valence-corrected chi connectivity index (χ1v) is 11.9. The average Bonchev–Trinajstić information content (AvgIpc) is 2.94. The highest BCUT2D eigenvalue weighted by Crippen LogP contribution is 2.41. The zero-order valence-electron chi connectivity index (χ0n) is 17.0. The van der Waals surface area contributed by atoms with Crippen LogP contribution in [0.2, 0.25) is 0 Å². The molecule has 1 atom stereocenters. The summed E-state index contributed by atoms with van der Waals surface area (Å²) >= 11 is 0. The first-order chi connectivity index (χ1) is 14.3. The molecule has 30 heavy (non-hydrogen) atoms. The molecule has 2 heterocycles. The van der Waals surface area contributed by atoms with Crippen molar-refractivity contribution in [3.8, 4) is 0 Å². The molecular formula is C23H26N2O4S. The van der Waals surface area contributed by atoms with E-state index in [9.17, 15) is 18.0 Å². The Labute approximate surface area is 177 Å². The maximum absolute atomic E-state index is 13.0. The van der Waals surface area contributed by atoms with Gasteiger partial charge in [-0.1, -0.05) is 60.7 Å². The number of sulfone groups is 1. The Morgan fingerprint density at radius 2 is 1.57 bits per heavy atom. The van der Waals surface area contributed by atoms with E-state index in [1.165, 1.54) is 4.90 Å². The zero-order chi connectivity index (χ0) is 21.4. The summed E-state index contributed by atoms with van der Waals surface area (Å²) in [4.78, 5) is 27.7. The van der Waals surface area contributed by atoms with Crippen LogP contribution in [0.1, 0.15) is 36.8 Å². The van der Waals surface area contributed by atoms with Crippen molar-refractivity contribution >= 4 is 21.7 Å². The third kappa shape index (κ3) is 3.51. The summed E-state index contributed by atoms with van der Waals surface area (Å²) in [6.07, 6.45) is 0.502. The lowest BCUT2D eigenvalue weighted by molar-refractivity contribution is -0.136. The second-order valence-corrected chi connectivity index (χ2v) is 10.4. The Balaban J connectivity index is 1.53. The largest absolute Gasteiger partial charge is 0.342 e. The average molecular weight is 427 g/mol. The molecule has 158 valence electrons. The minimum atomic E-state index is -3.61. The van der Waals surface area contributed by atoms with Gasteiger partial charge >= 0.3 is 0 Å². The Hall–Kier alpha value is -2.67. The van der Waals surface area contributed by atoms with E-state index in [4.69, 9.17) is 0 Å². The van der Waals surface area contributed by atoms with E-state index in [-0.39, 0.29) is 37.1 Å². The van der Waals surface area contributed by atoms with Crippen LogP contribution in [0.3, 0.4) is 0 Å². The van der Waals surface area contributed by atoms with Crippen LogP contribution in [0, 0.1) is 0 Å². The van der Waals surface area contributed by atoms with E-state index in [0.29, 0.717) is 13.1 Å². The number of carbonyl (C=O) groups excluding carboxylic acids is 2. The summed E-state index contributed by atoms with van der Waals surface area (Å²) in [5.74, 6) is -1.10. The van der Waals surface area contributed by atoms with Crippen molar-refractivity contribution in [1.82, 2.24) is 9.80 Å². The first-order valence-electron chi connectivity index (χ1n) is 10.2. The molecule has 1 spiro atoms. The van der Waals surface area contributed by atoms with Gasteiger partial charge in [-0.25, -0.2) is 8.42 Å². The molecule has 0 bridgehead atoms. The Bertz CT molecular complexity index is 1030. The molecule has 7 heteroatoms. The molecule has 0 aromatic heterocycles. The van der Waals surface area contributed by atoms with Gasteiger partial charge in [0.25, 0.3) is 0 Å². The molecule has 0 N–H and O–H groups in total. The number of benzene rings is 2. The van der Waals surface area contributed by atoms with Crippen molar-refractivity contribution < 1.29 is 18.0 Å². The highest BCUT2D eigenvalue weighted by atomic mass is 32.2. The lowest BCUT2D eigenvalue weighted by atomic mass is 9.96. The zero-order valence-corrected chi connectivity index (χ0v) is 17.8. The van der Waals surface area contributed by atoms with Crippen LogP contribution in [0.5, 0.6) is 0 Å². The number of likely N-dealkylation sites (tertiary alicyclic amines) is 1. The van der Waals surface area contributed by atoms with E-state index in [0.717, 1.165) is 11.1 Å². The molecule has 2 fully saturated rings. The van der Waals surface area contributed by atoms with Crippen LogP contribution in [0.15, 0.2) is 60.7 Å². The molecule has 1 unspecified atom stereocenters. The van der Waals surface area contributed by atoms with Crippen LogP contribution < -0.4 is 0 Å². The number of hydrogen-bond donors (Lipinski definition) is 0. The van der Waals surface area contributed by atoms with E-state index < -0.39 is 20.5 Å². The van der Waals surface area contributed by atoms with Gasteiger partial charge in [-0.2, -0.15) is 0 Å². The standard InChI is InChI=1S/C23H26N2O4S/c1-18(20-10-6-3-7-11-20)22(27)24-14-12-23(13-15-24)25(21(26)17-30(23,28)29)16-19-8-4-2-5-9-19/h2-11,18H,12-17H2,1H3. The predicted molar refractivity (Wildman–Crippen MR) is 114 cm³/mol. The van der Waals surface area contributed by atoms with Crippen LogP contribution in [-0.2, 0) is 26.0 Å². The first kappa shape index (κ1) is 20.6. The molecule has 6 nitrogen and oxygen atoms in total. The quantitative estimate of drug-likeness (QED) is 0.753. The van der Waals surface area contributed by atoms with Gasteiger partial charge in [0.15, 0.2) is 9.84 Å². The Morgan fingerprint density at radius 1 is 1.00 bits per heavy atom. The van der Waals surface area contributed by atoms with Crippen molar-refractivity contribution in [2.75, 3.05) is 18.8 Å². The van der Waals surface area contributed by atoms with Crippen molar-refractivity contribution in [2.45, 2.75) is 37.1 Å². The molecule has 4 rings (SSSR count). The second kappa shape index (κ2) is 7.87. The molecule has 2 amide bonds. The minimum Gasteiger partial charge on any atom is -0.342 e. The molecule has 0 saturated carbocycles. The lowest BCUT2D eigenvalue weighted by Gasteiger charge is -2.44. The smallest absolute Gasteiger partial charge is 0.239 e. The lowest BCUT2D eigenvalue weighted by Crippen LogP contribution is -2.57. The molecule has 2 aromatic carbocycles. The fourth-order valence-electron chi connectivity index (χ4n) is 4.58. The number of nitrogens with zero attached hydrogens (tertiary/aromatic N) is 2. The summed E-state index contributed by atoms with van der Waals surface area (Å²) in [7, 11) is -3.61. The van der Waals surface area contributed by atoms with Crippen LogP contribution in [0.4, 0.5) is 0 Å². The maximum atomic E-state index is 13.0. The van der Waals surface area contributed by atoms with Gasteiger partial charge in [0, 0.05) is 32.5 Å². The SMILES string of the molecule is CC(C(=O)N1CCC2(CC1)N(Cc1ccccc1)C(=O)CS2(=O)=O)c1ccccc1. The third-order valence-electron chi connectivity index (χ3n) is 6.40. The monoisotopic (exact) mass is 426 g/mol. The highest BCUT2D eigenvalue weighted by Gasteiger charge is 2.58. The van der Waals surface area contributed by atoms with E-state index in [1.54, 1.807) is 4.90 Å². The van der Waals surface area contributed by atoms with E-state index >= 15 is 0 Å². The van der Waals surface area contributed by atoms with Gasteiger partial charge in [-0.15, -0.1) is 0 Å². The summed E-state index contributed by atoms with van der Waals surface area (Å²) in [6, 6.07) is 19.0. The molecule has 0 radical (unpaired) electrons. The number of amides is 2. The molecule has 2 aliphatic heterocycles. The van der Waals surface area contributed by atoms with Crippen molar-refractivity contribution in [1.29, 1.82) is 0 Å². The molecule has 2 aromatic rings. The number of piperidine rings is 1. The Morgan fingerprint density at radius 3 is 2.17 bits per heavy atom. The summed E-state index contributed by atoms with van der Waals surface area (Å²) in [5, 5.41) is 0. The number of carbonyl (C=O) groups is 2. The Kier molecular flexibility index (Phi) is 5.40. The van der Waals surface area contributed by atoms with Gasteiger partial charge in [0.1, 0.15) is 10.6 Å². The van der Waals surface area contributed by atoms with Gasteiger partial charge in [-0.3, -0.25) is 9.59 Å². The van der Waals surface area contributed by atoms with Gasteiger partial charge in [0.05, 0.1) is 5.92 Å². The van der Waals surface area contributed by atoms with Crippen LogP contribution >= 0.6 is 0 Å². The van der Waals surface area contributed by atoms with Gasteiger partial charge < -0.3 is 9.80 Å². The number of hydrogen-bond acceptors (Lipinski definition) is 4. The van der Waals surface area contributed by atoms with Crippen LogP contribution in [0.25, 0.3) is 0 Å². The predicted octanol–water partition coefficient (Wildman–Crippen LogP) is 2.57. The van der Waals surface area contributed by atoms with Gasteiger partial charge in [0.2, 0.25) is 11.8 Å². The van der Waals surface area contributed by atoms with Crippen molar-refractivity contribution in [2.24, 2.45) is 0 Å². The highest BCUT2D eigenvalue weighted by molar-refractivity contribution is 7.93. The summed E-state index contributed by atoms with van der Waals surface area (Å²) < 4.78 is 26.0. The van der Waals surface area contributed by atoms with E-state index in [2.05, 4.69) is 0 Å². The van der Waals surface area contributed by atoms with E-state index in [1.807, 2.05) is 67.6 Å². The fraction of sp³-hybridized carbons (Fsp3) is 0.391. The molecule has 2 saturated heterocycles. The van der Waals surface area contributed by atoms with Gasteiger partial charge in [-0.05, 0) is 18.1 Å². The van der Waals surface area contributed by atoms with Crippen LogP contribution in [-0.4, -0.2) is 53.7 Å². The fourth-order valence-corrected chi connectivity index (χ4v) is 6.64. The van der Waals surface area contributed by atoms with Crippen molar-refractivity contribution in [3.05, 3.63) is 71.8 Å². The summed E-state index contributed by atoms with van der Waals surface area (Å²) in [6.45, 7) is 2.80. The number of rotatable bonds is 4. The second-order valence-electron chi connectivity index (χ2n) is 8.13. The van der Waals surface area contributed by atoms with Crippen molar-refractivity contribution in [3.63, 3.8) is 0 Å². The molecule has 0 aliphatic carbocycles. The topological polar surface area (TPSA) is 74.8 Å². The maximum Gasteiger partial charge on any atom is 0.239 e. The minimum absolute atomic E-state index is 0.00705. The summed E-state index contributed by atoms with van der Waals surface area (Å²) in [5.41, 5.74) is 1.84. The molecule has 2 aliphatic rings. The normalized spacial score (nSPS) is 21.0.